The van der Waals surface area contributed by atoms with E-state index in [1.807, 2.05) is 0 Å². The summed E-state index contributed by atoms with van der Waals surface area (Å²) >= 11 is 0. The summed E-state index contributed by atoms with van der Waals surface area (Å²) in [6, 6.07) is 65.3. The van der Waals surface area contributed by atoms with Gasteiger partial charge < -0.3 is 14.5 Å². The predicted octanol–water partition coefficient (Wildman–Crippen LogP) is 13.9. The van der Waals surface area contributed by atoms with E-state index < -0.39 is 0 Å². The molecular weight excluding hydrogens is 633 g/mol. The maximum Gasteiger partial charge on any atom is 0.159 e. The van der Waals surface area contributed by atoms with E-state index in [2.05, 4.69) is 206 Å². The number of rotatable bonds is 5. The first-order valence-electron chi connectivity index (χ1n) is 17.9. The molecule has 248 valence electrons. The molecular formula is C49H36N2O. The van der Waals surface area contributed by atoms with E-state index in [9.17, 15) is 0 Å². The Morgan fingerprint density at radius 3 is 1.96 bits per heavy atom. The Kier molecular flexibility index (Phi) is 6.84. The van der Waals surface area contributed by atoms with Gasteiger partial charge in [-0.25, -0.2) is 0 Å². The van der Waals surface area contributed by atoms with Gasteiger partial charge in [-0.3, -0.25) is 0 Å². The van der Waals surface area contributed by atoms with Gasteiger partial charge in [0.15, 0.2) is 11.5 Å². The van der Waals surface area contributed by atoms with Gasteiger partial charge in [0.25, 0.3) is 0 Å². The van der Waals surface area contributed by atoms with Crippen molar-refractivity contribution in [2.75, 3.05) is 9.80 Å². The zero-order chi connectivity index (χ0) is 34.8. The van der Waals surface area contributed by atoms with Crippen LogP contribution in [0.1, 0.15) is 25.0 Å². The Balaban J connectivity index is 1.18. The highest BCUT2D eigenvalue weighted by molar-refractivity contribution is 6.01. The summed E-state index contributed by atoms with van der Waals surface area (Å²) < 4.78 is 6.83. The Hall–Kier alpha value is -6.58. The summed E-state index contributed by atoms with van der Waals surface area (Å²) in [5.41, 5.74) is 13.5. The maximum absolute atomic E-state index is 6.83. The second-order valence-electron chi connectivity index (χ2n) is 14.2. The van der Waals surface area contributed by atoms with Crippen LogP contribution in [0.5, 0.6) is 11.5 Å². The number of hydrogen-bond acceptors (Lipinski definition) is 3. The molecule has 0 radical (unpaired) electrons. The molecule has 3 nitrogen and oxygen atoms in total. The standard InChI is InChI=1S/C49H36N2O/c1-49(2)41-22-13-25-46-47(41)51(45-24-12-21-40(48(45)52-46)36-16-7-4-8-17-36)44-31-30-38(32-42(44)49)50(43-23-11-19-35-18-9-10-20-39(35)43)37-28-26-34(27-29-37)33-14-5-3-6-15-33/h3-32H,1-2H3. The molecule has 2 aliphatic heterocycles. The first kappa shape index (κ1) is 30.3. The lowest BCUT2D eigenvalue weighted by atomic mass is 9.73. The lowest BCUT2D eigenvalue weighted by Crippen LogP contribution is -2.32. The van der Waals surface area contributed by atoms with Crippen molar-refractivity contribution in [1.29, 1.82) is 0 Å². The molecule has 0 unspecified atom stereocenters. The minimum absolute atomic E-state index is 0.299. The fourth-order valence-corrected chi connectivity index (χ4v) is 8.24. The third kappa shape index (κ3) is 4.66. The van der Waals surface area contributed by atoms with Crippen molar-refractivity contribution in [3.05, 3.63) is 193 Å². The van der Waals surface area contributed by atoms with E-state index in [0.717, 1.165) is 51.1 Å². The van der Waals surface area contributed by atoms with Gasteiger partial charge in [0.1, 0.15) is 0 Å². The number of anilines is 6. The molecule has 2 heterocycles. The fourth-order valence-electron chi connectivity index (χ4n) is 8.24. The van der Waals surface area contributed by atoms with Crippen molar-refractivity contribution in [3.8, 4) is 33.8 Å². The van der Waals surface area contributed by atoms with E-state index in [-0.39, 0.29) is 5.41 Å². The largest absolute Gasteiger partial charge is 0.452 e. The molecule has 8 aromatic carbocycles. The van der Waals surface area contributed by atoms with E-state index in [0.29, 0.717) is 0 Å². The van der Waals surface area contributed by atoms with E-state index in [4.69, 9.17) is 4.74 Å². The monoisotopic (exact) mass is 668 g/mol. The van der Waals surface area contributed by atoms with Crippen LogP contribution in [-0.2, 0) is 5.41 Å². The number of hydrogen-bond donors (Lipinski definition) is 0. The smallest absolute Gasteiger partial charge is 0.159 e. The summed E-state index contributed by atoms with van der Waals surface area (Å²) in [6.45, 7) is 4.69. The summed E-state index contributed by atoms with van der Waals surface area (Å²) in [6.07, 6.45) is 0. The molecule has 52 heavy (non-hydrogen) atoms. The van der Waals surface area contributed by atoms with Gasteiger partial charge in [-0.05, 0) is 81.7 Å². The van der Waals surface area contributed by atoms with Crippen molar-refractivity contribution in [2.45, 2.75) is 19.3 Å². The van der Waals surface area contributed by atoms with Crippen molar-refractivity contribution in [3.63, 3.8) is 0 Å². The quantitative estimate of drug-likeness (QED) is 0.182. The van der Waals surface area contributed by atoms with Crippen molar-refractivity contribution >= 4 is 44.9 Å². The van der Waals surface area contributed by atoms with Gasteiger partial charge in [-0.1, -0.05) is 147 Å². The second-order valence-corrected chi connectivity index (χ2v) is 14.2. The number of nitrogens with zero attached hydrogens (tertiary/aromatic N) is 2. The SMILES string of the molecule is CC1(C)c2cc(N(c3ccc(-c4ccccc4)cc3)c3cccc4ccccc34)ccc2N2c3cccc(-c4ccccc4)c3Oc3cccc1c32. The van der Waals surface area contributed by atoms with Gasteiger partial charge in [0.2, 0.25) is 0 Å². The third-order valence-corrected chi connectivity index (χ3v) is 10.8. The Bertz CT molecular complexity index is 2620. The van der Waals surface area contributed by atoms with Crippen molar-refractivity contribution in [1.82, 2.24) is 0 Å². The lowest BCUT2D eigenvalue weighted by Gasteiger charge is -2.45. The molecule has 0 aromatic heterocycles. The Labute approximate surface area is 304 Å². The Morgan fingerprint density at radius 2 is 1.15 bits per heavy atom. The van der Waals surface area contributed by atoms with Crippen LogP contribution in [-0.4, -0.2) is 0 Å². The first-order chi connectivity index (χ1) is 25.6. The molecule has 0 N–H and O–H groups in total. The lowest BCUT2D eigenvalue weighted by molar-refractivity contribution is 0.473. The molecule has 0 amide bonds. The first-order valence-corrected chi connectivity index (χ1v) is 17.9. The Morgan fingerprint density at radius 1 is 0.500 bits per heavy atom. The van der Waals surface area contributed by atoms with Crippen LogP contribution >= 0.6 is 0 Å². The minimum Gasteiger partial charge on any atom is -0.452 e. The third-order valence-electron chi connectivity index (χ3n) is 10.8. The van der Waals surface area contributed by atoms with Crippen LogP contribution in [0.15, 0.2) is 182 Å². The van der Waals surface area contributed by atoms with Crippen molar-refractivity contribution < 1.29 is 4.74 Å². The summed E-state index contributed by atoms with van der Waals surface area (Å²) in [5, 5.41) is 2.42. The molecule has 0 spiro atoms. The van der Waals surface area contributed by atoms with Crippen LogP contribution in [0.2, 0.25) is 0 Å². The number of ether oxygens (including phenoxy) is 1. The van der Waals surface area contributed by atoms with E-state index in [1.54, 1.807) is 0 Å². The molecule has 0 aliphatic carbocycles. The molecule has 0 atom stereocenters. The van der Waals surface area contributed by atoms with Crippen LogP contribution < -0.4 is 14.5 Å². The summed E-state index contributed by atoms with van der Waals surface area (Å²) in [5.74, 6) is 1.76. The van der Waals surface area contributed by atoms with Crippen LogP contribution in [0, 0.1) is 0 Å². The van der Waals surface area contributed by atoms with E-state index in [1.165, 1.54) is 38.7 Å². The molecule has 0 saturated heterocycles. The number of benzene rings is 8. The zero-order valence-electron chi connectivity index (χ0n) is 29.1. The van der Waals surface area contributed by atoms with E-state index >= 15 is 0 Å². The summed E-state index contributed by atoms with van der Waals surface area (Å²) in [4.78, 5) is 4.84. The number of fused-ring (bicyclic) bond motifs is 5. The van der Waals surface area contributed by atoms with Crippen molar-refractivity contribution in [2.24, 2.45) is 0 Å². The average molecular weight is 669 g/mol. The maximum atomic E-state index is 6.83. The topological polar surface area (TPSA) is 15.7 Å². The highest BCUT2D eigenvalue weighted by atomic mass is 16.5. The van der Waals surface area contributed by atoms with Gasteiger partial charge in [0.05, 0.1) is 22.7 Å². The summed E-state index contributed by atoms with van der Waals surface area (Å²) in [7, 11) is 0. The normalized spacial score (nSPS) is 13.5. The molecule has 3 heteroatoms. The molecule has 0 bridgehead atoms. The van der Waals surface area contributed by atoms with Crippen LogP contribution in [0.3, 0.4) is 0 Å². The van der Waals surface area contributed by atoms with Gasteiger partial charge in [0, 0.05) is 27.7 Å². The predicted molar refractivity (Wildman–Crippen MR) is 216 cm³/mol. The zero-order valence-corrected chi connectivity index (χ0v) is 29.1. The molecule has 10 rings (SSSR count). The van der Waals surface area contributed by atoms with Gasteiger partial charge >= 0.3 is 0 Å². The highest BCUT2D eigenvalue weighted by Crippen LogP contribution is 2.61. The molecule has 8 aromatic rings. The van der Waals surface area contributed by atoms with Gasteiger partial charge in [-0.2, -0.15) is 0 Å². The molecule has 0 fully saturated rings. The second kappa shape index (κ2) is 11.8. The van der Waals surface area contributed by atoms with Crippen LogP contribution in [0.4, 0.5) is 34.1 Å². The molecule has 0 saturated carbocycles. The fraction of sp³-hybridized carbons (Fsp3) is 0.0612. The average Bonchev–Trinajstić information content (AvgIpc) is 3.20. The minimum atomic E-state index is -0.299. The van der Waals surface area contributed by atoms with Crippen LogP contribution in [0.25, 0.3) is 33.0 Å². The van der Waals surface area contributed by atoms with Gasteiger partial charge in [-0.15, -0.1) is 0 Å². The highest BCUT2D eigenvalue weighted by Gasteiger charge is 2.42. The molecule has 2 aliphatic rings. The number of para-hydroxylation sites is 2.